The van der Waals surface area contributed by atoms with E-state index in [4.69, 9.17) is 21.1 Å². The van der Waals surface area contributed by atoms with Gasteiger partial charge in [0, 0.05) is 16.3 Å². The van der Waals surface area contributed by atoms with Gasteiger partial charge < -0.3 is 14.8 Å². The Labute approximate surface area is 181 Å². The van der Waals surface area contributed by atoms with E-state index in [-0.39, 0.29) is 5.57 Å². The molecule has 0 saturated carbocycles. The zero-order valence-corrected chi connectivity index (χ0v) is 17.8. The maximum Gasteiger partial charge on any atom is 0.266 e. The maximum atomic E-state index is 12.7. The molecule has 0 aromatic heterocycles. The fourth-order valence-corrected chi connectivity index (χ4v) is 2.95. The Kier molecular flexibility index (Phi) is 8.28. The van der Waals surface area contributed by atoms with Crippen molar-refractivity contribution in [3.8, 4) is 17.6 Å². The second-order valence-electron chi connectivity index (χ2n) is 6.34. The first-order valence-corrected chi connectivity index (χ1v) is 9.56. The van der Waals surface area contributed by atoms with Crippen LogP contribution in [0.5, 0.6) is 11.5 Å². The summed E-state index contributed by atoms with van der Waals surface area (Å²) in [6, 6.07) is 10.7. The molecule has 154 valence electrons. The number of carbonyl (C=O) groups excluding carboxylic acids is 1. The summed E-state index contributed by atoms with van der Waals surface area (Å²) in [6.07, 6.45) is 5.41. The number of nitriles is 1. The number of benzene rings is 2. The Bertz CT molecular complexity index is 1040. The zero-order valence-electron chi connectivity index (χ0n) is 17.0. The van der Waals surface area contributed by atoms with Crippen LogP contribution < -0.4 is 14.8 Å². The molecule has 2 aromatic carbocycles. The smallest absolute Gasteiger partial charge is 0.266 e. The van der Waals surface area contributed by atoms with Gasteiger partial charge in [-0.15, -0.1) is 6.58 Å². The van der Waals surface area contributed by atoms with Crippen LogP contribution in [0.25, 0.3) is 6.08 Å². The van der Waals surface area contributed by atoms with Crippen molar-refractivity contribution in [2.45, 2.75) is 13.3 Å². The van der Waals surface area contributed by atoms with Crippen molar-refractivity contribution in [2.24, 2.45) is 0 Å². The Balaban J connectivity index is 2.42. The third-order valence-corrected chi connectivity index (χ3v) is 4.69. The fourth-order valence-electron chi connectivity index (χ4n) is 2.78. The molecule has 0 saturated heterocycles. The molecule has 0 radical (unpaired) electrons. The highest BCUT2D eigenvalue weighted by atomic mass is 35.5. The lowest BCUT2D eigenvalue weighted by Gasteiger charge is -2.15. The molecule has 0 spiro atoms. The number of nitrogens with zero attached hydrogens (tertiary/aromatic N) is 1. The van der Waals surface area contributed by atoms with Crippen molar-refractivity contribution in [3.05, 3.63) is 82.9 Å². The van der Waals surface area contributed by atoms with E-state index < -0.39 is 5.91 Å². The van der Waals surface area contributed by atoms with Crippen molar-refractivity contribution < 1.29 is 14.3 Å². The fraction of sp³-hybridized carbons (Fsp3) is 0.167. The quantitative estimate of drug-likeness (QED) is 0.329. The van der Waals surface area contributed by atoms with Crippen LogP contribution in [0.15, 0.2) is 61.2 Å². The Hall–Kier alpha value is -3.49. The number of nitrogens with one attached hydrogen (secondary N) is 1. The Morgan fingerprint density at radius 3 is 2.70 bits per heavy atom. The first-order chi connectivity index (χ1) is 14.4. The largest absolute Gasteiger partial charge is 0.493 e. The normalized spacial score (nSPS) is 10.7. The third kappa shape index (κ3) is 5.53. The summed E-state index contributed by atoms with van der Waals surface area (Å²) in [6.45, 7) is 9.54. The van der Waals surface area contributed by atoms with Gasteiger partial charge in [-0.3, -0.25) is 4.79 Å². The van der Waals surface area contributed by atoms with Gasteiger partial charge in [-0.05, 0) is 54.8 Å². The standard InChI is InChI=1S/C24H23ClN2O3/c1-5-8-18-12-17(14-22(29-4)23(18)30-11-6-2)13-19(15-26)24(28)27-21-10-7-9-20(25)16(21)3/h5-7,9-10,12-14H,1-2,8,11H2,3-4H3,(H,27,28)/b19-13+. The molecular formula is C24H23ClN2O3. The molecule has 0 aliphatic heterocycles. The average molecular weight is 423 g/mol. The number of carbonyl (C=O) groups is 1. The lowest BCUT2D eigenvalue weighted by molar-refractivity contribution is -0.112. The predicted molar refractivity (Wildman–Crippen MR) is 121 cm³/mol. The van der Waals surface area contributed by atoms with Gasteiger partial charge in [-0.2, -0.15) is 5.26 Å². The SMILES string of the molecule is C=CCOc1c(CC=C)cc(/C=C(\C#N)C(=O)Nc2cccc(Cl)c2C)cc1OC. The van der Waals surface area contributed by atoms with Gasteiger partial charge in [-0.25, -0.2) is 0 Å². The number of hydrogen-bond donors (Lipinski definition) is 1. The van der Waals surface area contributed by atoms with Crippen molar-refractivity contribution in [2.75, 3.05) is 19.0 Å². The molecule has 0 heterocycles. The summed E-state index contributed by atoms with van der Waals surface area (Å²) >= 11 is 6.10. The molecule has 0 fully saturated rings. The van der Waals surface area contributed by atoms with Crippen LogP contribution in [0.3, 0.4) is 0 Å². The highest BCUT2D eigenvalue weighted by molar-refractivity contribution is 6.31. The molecule has 0 bridgehead atoms. The van der Waals surface area contributed by atoms with Crippen molar-refractivity contribution in [1.29, 1.82) is 5.26 Å². The number of hydrogen-bond acceptors (Lipinski definition) is 4. The van der Waals surface area contributed by atoms with E-state index in [0.717, 1.165) is 11.1 Å². The number of allylic oxidation sites excluding steroid dienone is 1. The monoisotopic (exact) mass is 422 g/mol. The van der Waals surface area contributed by atoms with E-state index in [1.54, 1.807) is 43.3 Å². The van der Waals surface area contributed by atoms with Gasteiger partial charge in [0.2, 0.25) is 0 Å². The molecule has 0 aliphatic rings. The number of halogens is 1. The van der Waals surface area contributed by atoms with Crippen LogP contribution in [-0.2, 0) is 11.2 Å². The highest BCUT2D eigenvalue weighted by Gasteiger charge is 2.15. The van der Waals surface area contributed by atoms with E-state index >= 15 is 0 Å². The molecule has 0 unspecified atom stereocenters. The molecule has 2 rings (SSSR count). The van der Waals surface area contributed by atoms with Crippen LogP contribution in [0, 0.1) is 18.3 Å². The minimum Gasteiger partial charge on any atom is -0.493 e. The maximum absolute atomic E-state index is 12.7. The van der Waals surface area contributed by atoms with Crippen molar-refractivity contribution in [3.63, 3.8) is 0 Å². The average Bonchev–Trinajstić information content (AvgIpc) is 2.74. The van der Waals surface area contributed by atoms with Gasteiger partial charge in [0.1, 0.15) is 18.2 Å². The second kappa shape index (κ2) is 10.9. The van der Waals surface area contributed by atoms with Crippen LogP contribution in [0.4, 0.5) is 5.69 Å². The molecule has 30 heavy (non-hydrogen) atoms. The summed E-state index contributed by atoms with van der Waals surface area (Å²) < 4.78 is 11.2. The number of ether oxygens (including phenoxy) is 2. The Morgan fingerprint density at radius 2 is 2.07 bits per heavy atom. The van der Waals surface area contributed by atoms with Gasteiger partial charge >= 0.3 is 0 Å². The molecule has 1 amide bonds. The zero-order chi connectivity index (χ0) is 22.1. The summed E-state index contributed by atoms with van der Waals surface area (Å²) in [5.41, 5.74) is 2.67. The first-order valence-electron chi connectivity index (χ1n) is 9.18. The van der Waals surface area contributed by atoms with Crippen LogP contribution >= 0.6 is 11.6 Å². The highest BCUT2D eigenvalue weighted by Crippen LogP contribution is 2.34. The number of rotatable bonds is 9. The first kappa shape index (κ1) is 22.8. The van der Waals surface area contributed by atoms with E-state index in [1.807, 2.05) is 12.1 Å². The molecule has 2 aromatic rings. The van der Waals surface area contributed by atoms with E-state index in [2.05, 4.69) is 18.5 Å². The van der Waals surface area contributed by atoms with Crippen molar-refractivity contribution >= 4 is 29.3 Å². The van der Waals surface area contributed by atoms with E-state index in [9.17, 15) is 10.1 Å². The molecule has 0 aliphatic carbocycles. The number of methoxy groups -OCH3 is 1. The Morgan fingerprint density at radius 1 is 1.30 bits per heavy atom. The van der Waals surface area contributed by atoms with E-state index in [1.165, 1.54) is 13.2 Å². The van der Waals surface area contributed by atoms with Gasteiger partial charge in [0.25, 0.3) is 5.91 Å². The van der Waals surface area contributed by atoms with Crippen molar-refractivity contribution in [1.82, 2.24) is 0 Å². The summed E-state index contributed by atoms with van der Waals surface area (Å²) in [5, 5.41) is 12.8. The van der Waals surface area contributed by atoms with Gasteiger partial charge in [0.15, 0.2) is 11.5 Å². The third-order valence-electron chi connectivity index (χ3n) is 4.28. The van der Waals surface area contributed by atoms with Crippen LogP contribution in [0.1, 0.15) is 16.7 Å². The lowest BCUT2D eigenvalue weighted by Crippen LogP contribution is -2.14. The molecule has 0 atom stereocenters. The molecule has 6 heteroatoms. The lowest BCUT2D eigenvalue weighted by atomic mass is 10.0. The number of amides is 1. The van der Waals surface area contributed by atoms with Gasteiger partial charge in [0.05, 0.1) is 7.11 Å². The summed E-state index contributed by atoms with van der Waals surface area (Å²) in [5.74, 6) is 0.539. The topological polar surface area (TPSA) is 71.3 Å². The second-order valence-corrected chi connectivity index (χ2v) is 6.75. The minimum absolute atomic E-state index is 0.0549. The molecule has 1 N–H and O–H groups in total. The summed E-state index contributed by atoms with van der Waals surface area (Å²) in [7, 11) is 1.53. The summed E-state index contributed by atoms with van der Waals surface area (Å²) in [4.78, 5) is 12.7. The number of anilines is 1. The van der Waals surface area contributed by atoms with Crippen LogP contribution in [0.2, 0.25) is 5.02 Å². The van der Waals surface area contributed by atoms with Crippen LogP contribution in [-0.4, -0.2) is 19.6 Å². The van der Waals surface area contributed by atoms with E-state index in [0.29, 0.717) is 40.8 Å². The predicted octanol–water partition coefficient (Wildman–Crippen LogP) is 5.50. The van der Waals surface area contributed by atoms with Gasteiger partial charge in [-0.1, -0.05) is 36.4 Å². The minimum atomic E-state index is -0.529. The molecular weight excluding hydrogens is 400 g/mol. The molecule has 5 nitrogen and oxygen atoms in total.